The van der Waals surface area contributed by atoms with Crippen LogP contribution in [0.1, 0.15) is 23.9 Å². The zero-order valence-electron chi connectivity index (χ0n) is 16.1. The Kier molecular flexibility index (Phi) is 5.63. The van der Waals surface area contributed by atoms with Crippen molar-refractivity contribution in [3.63, 3.8) is 0 Å². The van der Waals surface area contributed by atoms with Gasteiger partial charge in [0, 0.05) is 51.7 Å². The Morgan fingerprint density at radius 1 is 1.32 bits per heavy atom. The number of piperazine rings is 1. The molecule has 0 bridgehead atoms. The Morgan fingerprint density at radius 3 is 2.86 bits per heavy atom. The molecule has 2 saturated heterocycles. The maximum atomic E-state index is 13.6. The summed E-state index contributed by atoms with van der Waals surface area (Å²) in [5.74, 6) is 0.266. The van der Waals surface area contributed by atoms with E-state index in [1.54, 1.807) is 17.7 Å². The third-order valence-corrected chi connectivity index (χ3v) is 5.70. The highest BCUT2D eigenvalue weighted by Gasteiger charge is 2.35. The highest BCUT2D eigenvalue weighted by molar-refractivity contribution is 5.81. The van der Waals surface area contributed by atoms with Crippen molar-refractivity contribution in [2.75, 3.05) is 39.3 Å². The van der Waals surface area contributed by atoms with E-state index in [1.807, 2.05) is 11.0 Å². The minimum absolute atomic E-state index is 0.00250. The molecule has 4 rings (SSSR count). The Bertz CT molecular complexity index is 820. The van der Waals surface area contributed by atoms with Gasteiger partial charge in [-0.15, -0.1) is 5.10 Å². The van der Waals surface area contributed by atoms with Crippen LogP contribution in [0.15, 0.2) is 24.3 Å². The average Bonchev–Trinajstić information content (AvgIpc) is 3.36. The average molecular weight is 387 g/mol. The Morgan fingerprint density at radius 2 is 2.14 bits per heavy atom. The molecule has 2 fully saturated rings. The first-order valence-electron chi connectivity index (χ1n) is 9.84. The number of nitrogens with zero attached hydrogens (tertiary/aromatic N) is 6. The summed E-state index contributed by atoms with van der Waals surface area (Å²) in [5.41, 5.74) is 0.756. The molecule has 0 spiro atoms. The van der Waals surface area contributed by atoms with Crippen LogP contribution in [-0.2, 0) is 11.2 Å². The van der Waals surface area contributed by atoms with E-state index in [1.165, 1.54) is 12.1 Å². The van der Waals surface area contributed by atoms with E-state index >= 15 is 0 Å². The molecule has 0 aliphatic carbocycles. The van der Waals surface area contributed by atoms with E-state index < -0.39 is 6.04 Å². The van der Waals surface area contributed by atoms with Crippen molar-refractivity contribution in [3.8, 4) is 0 Å². The first-order chi connectivity index (χ1) is 13.6. The van der Waals surface area contributed by atoms with Gasteiger partial charge in [-0.25, -0.2) is 9.07 Å². The molecule has 8 nitrogen and oxygen atoms in total. The summed E-state index contributed by atoms with van der Waals surface area (Å²) in [6, 6.07) is 6.19. The quantitative estimate of drug-likeness (QED) is 0.801. The summed E-state index contributed by atoms with van der Waals surface area (Å²) in [6.07, 6.45) is 1.34. The van der Waals surface area contributed by atoms with Gasteiger partial charge in [0.2, 0.25) is 5.91 Å². The monoisotopic (exact) mass is 387 g/mol. The number of likely N-dealkylation sites (tertiary alicyclic amines) is 1. The van der Waals surface area contributed by atoms with Gasteiger partial charge in [-0.05, 0) is 41.5 Å². The van der Waals surface area contributed by atoms with E-state index in [2.05, 4.69) is 25.7 Å². The molecule has 3 heterocycles. The van der Waals surface area contributed by atoms with Gasteiger partial charge in [0.1, 0.15) is 17.7 Å². The Hall–Kier alpha value is -2.39. The van der Waals surface area contributed by atoms with Crippen molar-refractivity contribution in [2.45, 2.75) is 31.8 Å². The number of rotatable bonds is 5. The van der Waals surface area contributed by atoms with E-state index in [0.29, 0.717) is 18.3 Å². The second-order valence-corrected chi connectivity index (χ2v) is 7.53. The minimum atomic E-state index is -0.571. The minimum Gasteiger partial charge on any atom is -0.339 e. The summed E-state index contributed by atoms with van der Waals surface area (Å²) in [5, 5.41) is 15.0. The molecule has 0 radical (unpaired) electrons. The fourth-order valence-electron chi connectivity index (χ4n) is 4.19. The number of tetrazole rings is 1. The van der Waals surface area contributed by atoms with Crippen molar-refractivity contribution >= 4 is 5.91 Å². The van der Waals surface area contributed by atoms with Gasteiger partial charge in [-0.2, -0.15) is 0 Å². The number of hydrogen-bond acceptors (Lipinski definition) is 6. The molecular weight excluding hydrogens is 361 g/mol. The fourth-order valence-corrected chi connectivity index (χ4v) is 4.19. The van der Waals surface area contributed by atoms with Gasteiger partial charge in [0.15, 0.2) is 0 Å². The number of nitrogens with one attached hydrogen (secondary N) is 1. The lowest BCUT2D eigenvalue weighted by molar-refractivity contribution is -0.134. The van der Waals surface area contributed by atoms with Crippen LogP contribution in [0.5, 0.6) is 0 Å². The van der Waals surface area contributed by atoms with E-state index in [0.717, 1.165) is 51.3 Å². The van der Waals surface area contributed by atoms with E-state index in [4.69, 9.17) is 0 Å². The largest absolute Gasteiger partial charge is 0.339 e. The van der Waals surface area contributed by atoms with Crippen LogP contribution >= 0.6 is 0 Å². The molecule has 28 heavy (non-hydrogen) atoms. The third kappa shape index (κ3) is 4.05. The molecule has 1 N–H and O–H groups in total. The van der Waals surface area contributed by atoms with Gasteiger partial charge >= 0.3 is 0 Å². The molecule has 150 valence electrons. The van der Waals surface area contributed by atoms with Crippen LogP contribution in [-0.4, -0.2) is 81.2 Å². The van der Waals surface area contributed by atoms with Crippen LogP contribution in [0, 0.1) is 12.7 Å². The molecule has 1 amide bonds. The molecule has 2 atom stereocenters. The first kappa shape index (κ1) is 18.9. The molecule has 2 aliphatic heterocycles. The number of hydrogen-bond donors (Lipinski definition) is 1. The third-order valence-electron chi connectivity index (χ3n) is 5.70. The van der Waals surface area contributed by atoms with Crippen LogP contribution in [0.25, 0.3) is 0 Å². The standard InChI is InChI=1S/C19H26FN7O/c1-14-22-23-24-27(14)18(12-15-3-2-4-16(20)11-15)19(28)26-8-5-17(13-26)25-9-6-21-7-10-25/h2-4,11,17-18,21H,5-10,12-13H2,1H3. The molecule has 9 heteroatoms. The van der Waals surface area contributed by atoms with Crippen LogP contribution in [0.4, 0.5) is 4.39 Å². The second kappa shape index (κ2) is 8.32. The lowest BCUT2D eigenvalue weighted by atomic mass is 10.0. The normalized spacial score (nSPS) is 21.8. The van der Waals surface area contributed by atoms with Crippen LogP contribution in [0.3, 0.4) is 0 Å². The van der Waals surface area contributed by atoms with Gasteiger partial charge in [0.05, 0.1) is 0 Å². The highest BCUT2D eigenvalue weighted by Crippen LogP contribution is 2.23. The smallest absolute Gasteiger partial charge is 0.247 e. The van der Waals surface area contributed by atoms with Crippen molar-refractivity contribution in [1.82, 2.24) is 35.3 Å². The lowest BCUT2D eigenvalue weighted by Gasteiger charge is -2.32. The van der Waals surface area contributed by atoms with Crippen molar-refractivity contribution in [3.05, 3.63) is 41.5 Å². The molecule has 2 unspecified atom stereocenters. The predicted molar refractivity (Wildman–Crippen MR) is 101 cm³/mol. The van der Waals surface area contributed by atoms with Gasteiger partial charge in [0.25, 0.3) is 0 Å². The lowest BCUT2D eigenvalue weighted by Crippen LogP contribution is -2.49. The SMILES string of the molecule is Cc1nnnn1C(Cc1cccc(F)c1)C(=O)N1CCC(N2CCNCC2)C1. The zero-order chi connectivity index (χ0) is 19.5. The first-order valence-corrected chi connectivity index (χ1v) is 9.84. The maximum absolute atomic E-state index is 13.6. The molecule has 2 aromatic rings. The summed E-state index contributed by atoms with van der Waals surface area (Å²) in [6.45, 7) is 7.26. The number of amides is 1. The predicted octanol–water partition coefficient (Wildman–Crippen LogP) is 0.411. The number of carbonyl (C=O) groups is 1. The molecule has 1 aromatic carbocycles. The Labute approximate surface area is 163 Å². The zero-order valence-corrected chi connectivity index (χ0v) is 16.1. The number of aromatic nitrogens is 4. The Balaban J connectivity index is 1.51. The van der Waals surface area contributed by atoms with Gasteiger partial charge in [-0.3, -0.25) is 9.69 Å². The van der Waals surface area contributed by atoms with Crippen LogP contribution < -0.4 is 5.32 Å². The maximum Gasteiger partial charge on any atom is 0.247 e. The number of aryl methyl sites for hydroxylation is 1. The fraction of sp³-hybridized carbons (Fsp3) is 0.579. The summed E-state index contributed by atoms with van der Waals surface area (Å²) in [4.78, 5) is 17.8. The molecule has 1 aromatic heterocycles. The summed E-state index contributed by atoms with van der Waals surface area (Å²) >= 11 is 0. The van der Waals surface area contributed by atoms with E-state index in [9.17, 15) is 9.18 Å². The molecular formula is C19H26FN7O. The van der Waals surface area contributed by atoms with E-state index in [-0.39, 0.29) is 11.7 Å². The van der Waals surface area contributed by atoms with Gasteiger partial charge in [-0.1, -0.05) is 12.1 Å². The van der Waals surface area contributed by atoms with Gasteiger partial charge < -0.3 is 10.2 Å². The molecule has 0 saturated carbocycles. The number of benzene rings is 1. The van der Waals surface area contributed by atoms with Crippen LogP contribution in [0.2, 0.25) is 0 Å². The van der Waals surface area contributed by atoms with Crippen molar-refractivity contribution in [2.24, 2.45) is 0 Å². The highest BCUT2D eigenvalue weighted by atomic mass is 19.1. The summed E-state index contributed by atoms with van der Waals surface area (Å²) < 4.78 is 15.2. The summed E-state index contributed by atoms with van der Waals surface area (Å²) in [7, 11) is 0. The van der Waals surface area contributed by atoms with Crippen molar-refractivity contribution < 1.29 is 9.18 Å². The number of halogens is 1. The number of carbonyl (C=O) groups excluding carboxylic acids is 1. The van der Waals surface area contributed by atoms with Crippen molar-refractivity contribution in [1.29, 1.82) is 0 Å². The topological polar surface area (TPSA) is 79.2 Å². The molecule has 2 aliphatic rings. The second-order valence-electron chi connectivity index (χ2n) is 7.53.